The Bertz CT molecular complexity index is 1130. The van der Waals surface area contributed by atoms with Crippen molar-refractivity contribution >= 4 is 50.3 Å². The minimum Gasteiger partial charge on any atom is -0.452 e. The van der Waals surface area contributed by atoms with E-state index in [1.165, 1.54) is 0 Å². The predicted molar refractivity (Wildman–Crippen MR) is 122 cm³/mol. The highest BCUT2D eigenvalue weighted by Crippen LogP contribution is 2.23. The molecule has 1 aromatic heterocycles. The first-order chi connectivity index (χ1) is 14.8. The quantitative estimate of drug-likeness (QED) is 0.494. The molecule has 160 valence electrons. The van der Waals surface area contributed by atoms with Crippen LogP contribution in [0.4, 0.5) is 5.69 Å². The number of nitrogens with zero attached hydrogens (tertiary/aromatic N) is 1. The summed E-state index contributed by atoms with van der Waals surface area (Å²) < 4.78 is 5.91. The highest BCUT2D eigenvalue weighted by molar-refractivity contribution is 9.10. The number of hydrogen-bond donors (Lipinski definition) is 2. The summed E-state index contributed by atoms with van der Waals surface area (Å²) >= 11 is 3.33. The number of pyridine rings is 1. The van der Waals surface area contributed by atoms with Crippen molar-refractivity contribution in [2.45, 2.75) is 19.8 Å². The van der Waals surface area contributed by atoms with E-state index in [-0.39, 0.29) is 12.5 Å². The maximum absolute atomic E-state index is 12.6. The van der Waals surface area contributed by atoms with Crippen molar-refractivity contribution < 1.29 is 19.1 Å². The van der Waals surface area contributed by atoms with Crippen LogP contribution in [0.15, 0.2) is 59.1 Å². The van der Waals surface area contributed by atoms with Crippen molar-refractivity contribution in [3.8, 4) is 0 Å². The van der Waals surface area contributed by atoms with Crippen LogP contribution >= 0.6 is 15.9 Å². The van der Waals surface area contributed by atoms with Gasteiger partial charge in [0.2, 0.25) is 5.91 Å². The lowest BCUT2D eigenvalue weighted by Crippen LogP contribution is -2.35. The normalized spacial score (nSPS) is 10.7. The first-order valence-corrected chi connectivity index (χ1v) is 10.5. The van der Waals surface area contributed by atoms with Crippen LogP contribution in [0, 0.1) is 0 Å². The van der Waals surface area contributed by atoms with Gasteiger partial charge in [0.05, 0.1) is 23.3 Å². The second-order valence-electron chi connectivity index (χ2n) is 7.15. The van der Waals surface area contributed by atoms with Gasteiger partial charge in [0.15, 0.2) is 6.61 Å². The van der Waals surface area contributed by atoms with Crippen LogP contribution in [0.1, 0.15) is 35.8 Å². The van der Waals surface area contributed by atoms with Crippen molar-refractivity contribution in [1.82, 2.24) is 10.3 Å². The van der Waals surface area contributed by atoms with Crippen LogP contribution in [-0.2, 0) is 14.3 Å². The molecule has 0 spiro atoms. The number of carbonyl (C=O) groups is 3. The molecule has 0 aliphatic carbocycles. The molecule has 2 N–H and O–H groups in total. The lowest BCUT2D eigenvalue weighted by molar-refractivity contribution is -0.126. The molecular weight excluding hydrogens is 462 g/mol. The summed E-state index contributed by atoms with van der Waals surface area (Å²) in [5.74, 6) is -1.46. The summed E-state index contributed by atoms with van der Waals surface area (Å²) in [4.78, 5) is 41.3. The smallest absolute Gasteiger partial charge is 0.339 e. The number of hydrogen-bond acceptors (Lipinski definition) is 5. The van der Waals surface area contributed by atoms with E-state index in [4.69, 9.17) is 4.74 Å². The zero-order valence-corrected chi connectivity index (χ0v) is 18.7. The van der Waals surface area contributed by atoms with E-state index in [1.54, 1.807) is 30.3 Å². The van der Waals surface area contributed by atoms with Gasteiger partial charge in [-0.3, -0.25) is 14.6 Å². The number of amides is 2. The first-order valence-electron chi connectivity index (χ1n) is 9.73. The molecule has 0 bridgehead atoms. The molecule has 0 aliphatic rings. The number of nitrogens with one attached hydrogen (secondary N) is 2. The summed E-state index contributed by atoms with van der Waals surface area (Å²) in [6.07, 6.45) is 0. The topological polar surface area (TPSA) is 97.4 Å². The van der Waals surface area contributed by atoms with Crippen molar-refractivity contribution in [2.24, 2.45) is 0 Å². The van der Waals surface area contributed by atoms with Crippen molar-refractivity contribution in [2.75, 3.05) is 18.5 Å². The van der Waals surface area contributed by atoms with Crippen LogP contribution < -0.4 is 10.6 Å². The largest absolute Gasteiger partial charge is 0.452 e. The molecule has 0 aliphatic heterocycles. The van der Waals surface area contributed by atoms with Crippen LogP contribution in [0.2, 0.25) is 0 Å². The van der Waals surface area contributed by atoms with Gasteiger partial charge in [-0.05, 0) is 46.1 Å². The number of esters is 1. The maximum atomic E-state index is 12.6. The number of halogens is 1. The van der Waals surface area contributed by atoms with E-state index < -0.39 is 24.4 Å². The number of fused-ring (bicyclic) bond motifs is 1. The molecule has 8 heteroatoms. The van der Waals surface area contributed by atoms with Crippen molar-refractivity contribution in [3.05, 3.63) is 70.3 Å². The zero-order valence-electron chi connectivity index (χ0n) is 17.1. The second kappa shape index (κ2) is 10.2. The van der Waals surface area contributed by atoms with Crippen molar-refractivity contribution in [3.63, 3.8) is 0 Å². The summed E-state index contributed by atoms with van der Waals surface area (Å²) in [5.41, 5.74) is 2.40. The molecule has 3 aromatic rings. The third kappa shape index (κ3) is 5.88. The molecule has 2 amide bonds. The number of anilines is 1. The fourth-order valence-corrected chi connectivity index (χ4v) is 3.24. The molecule has 31 heavy (non-hydrogen) atoms. The van der Waals surface area contributed by atoms with E-state index in [0.717, 1.165) is 10.2 Å². The fourth-order valence-electron chi connectivity index (χ4n) is 2.86. The lowest BCUT2D eigenvalue weighted by atomic mass is 10.0. The van der Waals surface area contributed by atoms with Gasteiger partial charge in [-0.2, -0.15) is 0 Å². The SMILES string of the molecule is CC(C)c1cc(C(=O)OCC(=O)NCC(=O)Nc2ccccc2Br)c2ccccc2n1. The number of benzene rings is 2. The third-order valence-electron chi connectivity index (χ3n) is 4.48. The fraction of sp³-hybridized carbons (Fsp3) is 0.217. The number of ether oxygens (including phenoxy) is 1. The monoisotopic (exact) mass is 483 g/mol. The molecule has 0 atom stereocenters. The third-order valence-corrected chi connectivity index (χ3v) is 5.17. The highest BCUT2D eigenvalue weighted by atomic mass is 79.9. The molecule has 0 radical (unpaired) electrons. The van der Waals surface area contributed by atoms with E-state index in [1.807, 2.05) is 38.1 Å². The minimum atomic E-state index is -0.617. The molecule has 0 fully saturated rings. The number of aromatic nitrogens is 1. The maximum Gasteiger partial charge on any atom is 0.339 e. The minimum absolute atomic E-state index is 0.127. The Hall–Kier alpha value is -3.26. The van der Waals surface area contributed by atoms with Gasteiger partial charge in [0, 0.05) is 15.6 Å². The molecule has 0 saturated heterocycles. The average Bonchev–Trinajstić information content (AvgIpc) is 2.76. The van der Waals surface area contributed by atoms with Gasteiger partial charge < -0.3 is 15.4 Å². The highest BCUT2D eigenvalue weighted by Gasteiger charge is 2.17. The van der Waals surface area contributed by atoms with E-state index >= 15 is 0 Å². The van der Waals surface area contributed by atoms with Gasteiger partial charge in [-0.15, -0.1) is 0 Å². The summed E-state index contributed by atoms with van der Waals surface area (Å²) in [6, 6.07) is 16.1. The van der Waals surface area contributed by atoms with Gasteiger partial charge in [-0.1, -0.05) is 44.2 Å². The van der Waals surface area contributed by atoms with Crippen LogP contribution in [0.25, 0.3) is 10.9 Å². The number of para-hydroxylation sites is 2. The lowest BCUT2D eigenvalue weighted by Gasteiger charge is -2.12. The van der Waals surface area contributed by atoms with Gasteiger partial charge >= 0.3 is 5.97 Å². The second-order valence-corrected chi connectivity index (χ2v) is 8.00. The van der Waals surface area contributed by atoms with Crippen molar-refractivity contribution in [1.29, 1.82) is 0 Å². The zero-order chi connectivity index (χ0) is 22.4. The van der Waals surface area contributed by atoms with E-state index in [2.05, 4.69) is 31.5 Å². The van der Waals surface area contributed by atoms with Crippen LogP contribution in [0.5, 0.6) is 0 Å². The Morgan fingerprint density at radius 2 is 1.74 bits per heavy atom. The Kier molecular flexibility index (Phi) is 7.36. The molecule has 7 nitrogen and oxygen atoms in total. The van der Waals surface area contributed by atoms with Crippen LogP contribution in [0.3, 0.4) is 0 Å². The van der Waals surface area contributed by atoms with Gasteiger partial charge in [0.25, 0.3) is 5.91 Å². The summed E-state index contributed by atoms with van der Waals surface area (Å²) in [6.45, 7) is 3.24. The van der Waals surface area contributed by atoms with Gasteiger partial charge in [-0.25, -0.2) is 4.79 Å². The summed E-state index contributed by atoms with van der Waals surface area (Å²) in [5, 5.41) is 5.78. The van der Waals surface area contributed by atoms with E-state index in [0.29, 0.717) is 22.2 Å². The molecule has 0 saturated carbocycles. The Balaban J connectivity index is 1.57. The number of carbonyl (C=O) groups excluding carboxylic acids is 3. The molecule has 3 rings (SSSR count). The Morgan fingerprint density at radius 1 is 1.03 bits per heavy atom. The first kappa shape index (κ1) is 22.4. The molecule has 2 aromatic carbocycles. The standard InChI is InChI=1S/C23H22BrN3O4/c1-14(2)20-11-16(15-7-3-5-9-18(15)26-20)23(30)31-13-22(29)25-12-21(28)27-19-10-6-4-8-17(19)24/h3-11,14H,12-13H2,1-2H3,(H,25,29)(H,27,28). The summed E-state index contributed by atoms with van der Waals surface area (Å²) in [7, 11) is 0. The number of rotatable bonds is 7. The average molecular weight is 484 g/mol. The van der Waals surface area contributed by atoms with Crippen LogP contribution in [-0.4, -0.2) is 35.9 Å². The molecule has 0 unspecified atom stereocenters. The van der Waals surface area contributed by atoms with Gasteiger partial charge in [0.1, 0.15) is 0 Å². The predicted octanol–water partition coefficient (Wildman–Crippen LogP) is 4.03. The molecular formula is C23H22BrN3O4. The van der Waals surface area contributed by atoms with E-state index in [9.17, 15) is 14.4 Å². The Morgan fingerprint density at radius 3 is 2.48 bits per heavy atom. The molecule has 1 heterocycles. The Labute approximate surface area is 188 Å².